The molecular weight excluding hydrogens is 464 g/mol. The third-order valence-corrected chi connectivity index (χ3v) is 7.35. The summed E-state index contributed by atoms with van der Waals surface area (Å²) in [4.78, 5) is 11.5. The molecule has 4 aromatic rings. The summed E-state index contributed by atoms with van der Waals surface area (Å²) in [6, 6.07) is 20.5. The Morgan fingerprint density at radius 3 is 2.46 bits per heavy atom. The van der Waals surface area contributed by atoms with Crippen molar-refractivity contribution in [2.24, 2.45) is 5.92 Å². The molecule has 0 radical (unpaired) electrons. The highest BCUT2D eigenvalue weighted by atomic mass is 16.5. The first-order chi connectivity index (χ1) is 18.0. The van der Waals surface area contributed by atoms with Crippen molar-refractivity contribution >= 4 is 0 Å². The van der Waals surface area contributed by atoms with Crippen molar-refractivity contribution in [3.8, 4) is 17.1 Å². The van der Waals surface area contributed by atoms with Crippen molar-refractivity contribution in [2.45, 2.75) is 39.3 Å². The number of ether oxygens (including phenoxy) is 2. The van der Waals surface area contributed by atoms with Crippen LogP contribution < -0.4 is 4.74 Å². The van der Waals surface area contributed by atoms with Gasteiger partial charge in [0.1, 0.15) is 12.4 Å². The lowest BCUT2D eigenvalue weighted by Crippen LogP contribution is -2.35. The van der Waals surface area contributed by atoms with Gasteiger partial charge in [-0.25, -0.2) is 0 Å². The van der Waals surface area contributed by atoms with Gasteiger partial charge in [-0.3, -0.25) is 14.9 Å². The van der Waals surface area contributed by atoms with E-state index in [-0.39, 0.29) is 5.41 Å². The molecule has 0 amide bonds. The van der Waals surface area contributed by atoms with Crippen LogP contribution in [-0.4, -0.2) is 46.3 Å². The van der Waals surface area contributed by atoms with E-state index in [1.54, 1.807) is 12.4 Å². The van der Waals surface area contributed by atoms with E-state index in [4.69, 9.17) is 19.0 Å². The predicted octanol–water partition coefficient (Wildman–Crippen LogP) is 5.50. The summed E-state index contributed by atoms with van der Waals surface area (Å²) in [5.74, 6) is 1.85. The van der Waals surface area contributed by atoms with E-state index in [9.17, 15) is 0 Å². The zero-order valence-electron chi connectivity index (χ0n) is 21.8. The maximum absolute atomic E-state index is 5.89. The molecule has 0 saturated carbocycles. The molecule has 1 unspecified atom stereocenters. The first-order valence-electron chi connectivity index (χ1n) is 12.9. The fourth-order valence-corrected chi connectivity index (χ4v) is 4.68. The van der Waals surface area contributed by atoms with Crippen LogP contribution in [0.3, 0.4) is 0 Å². The van der Waals surface area contributed by atoms with Gasteiger partial charge in [-0.2, -0.15) is 0 Å². The summed E-state index contributed by atoms with van der Waals surface area (Å²) < 4.78 is 17.0. The van der Waals surface area contributed by atoms with Gasteiger partial charge in [0.05, 0.1) is 36.5 Å². The highest BCUT2D eigenvalue weighted by Crippen LogP contribution is 2.39. The van der Waals surface area contributed by atoms with Gasteiger partial charge >= 0.3 is 0 Å². The van der Waals surface area contributed by atoms with Crippen LogP contribution in [0, 0.1) is 5.92 Å². The molecular formula is C30H34N4O3. The molecule has 0 spiro atoms. The number of hydrogen-bond acceptors (Lipinski definition) is 7. The maximum atomic E-state index is 5.89. The molecule has 7 heteroatoms. The van der Waals surface area contributed by atoms with Crippen molar-refractivity contribution < 1.29 is 14.0 Å². The van der Waals surface area contributed by atoms with Gasteiger partial charge < -0.3 is 14.0 Å². The molecule has 3 aromatic heterocycles. The van der Waals surface area contributed by atoms with Crippen molar-refractivity contribution in [3.05, 3.63) is 95.7 Å². The molecule has 1 aromatic carbocycles. The van der Waals surface area contributed by atoms with Crippen molar-refractivity contribution in [1.82, 2.24) is 20.0 Å². The minimum Gasteiger partial charge on any atom is -0.486 e. The molecule has 5 rings (SSSR count). The molecule has 4 heterocycles. The van der Waals surface area contributed by atoms with Crippen molar-refractivity contribution in [1.29, 1.82) is 0 Å². The zero-order chi connectivity index (χ0) is 25.7. The highest BCUT2D eigenvalue weighted by molar-refractivity contribution is 5.58. The van der Waals surface area contributed by atoms with Crippen molar-refractivity contribution in [2.75, 3.05) is 26.3 Å². The summed E-state index contributed by atoms with van der Waals surface area (Å²) in [6.45, 7) is 11.3. The van der Waals surface area contributed by atoms with Gasteiger partial charge in [0.25, 0.3) is 0 Å². The zero-order valence-corrected chi connectivity index (χ0v) is 21.8. The number of aromatic nitrogens is 3. The van der Waals surface area contributed by atoms with E-state index in [1.165, 1.54) is 5.56 Å². The maximum Gasteiger partial charge on any atom is 0.167 e. The molecule has 37 heavy (non-hydrogen) atoms. The third kappa shape index (κ3) is 5.73. The Kier molecular flexibility index (Phi) is 7.63. The smallest absolute Gasteiger partial charge is 0.167 e. The summed E-state index contributed by atoms with van der Waals surface area (Å²) in [7, 11) is 0. The molecule has 1 atom stereocenters. The Hall–Kier alpha value is -3.55. The summed E-state index contributed by atoms with van der Waals surface area (Å²) in [6.07, 6.45) is 3.57. The number of hydrogen-bond donors (Lipinski definition) is 0. The lowest BCUT2D eigenvalue weighted by Gasteiger charge is -2.34. The Labute approximate surface area is 218 Å². The van der Waals surface area contributed by atoms with E-state index in [2.05, 4.69) is 66.1 Å². The molecule has 1 saturated heterocycles. The second kappa shape index (κ2) is 11.2. The van der Waals surface area contributed by atoms with Gasteiger partial charge in [0.2, 0.25) is 0 Å². The van der Waals surface area contributed by atoms with Gasteiger partial charge in [0, 0.05) is 42.9 Å². The van der Waals surface area contributed by atoms with Gasteiger partial charge in [-0.1, -0.05) is 49.3 Å². The molecule has 7 nitrogen and oxygen atoms in total. The van der Waals surface area contributed by atoms with Crippen LogP contribution in [0.2, 0.25) is 0 Å². The second-order valence-electron chi connectivity index (χ2n) is 9.99. The minimum absolute atomic E-state index is 0.263. The number of nitrogens with zero attached hydrogens (tertiary/aromatic N) is 4. The normalized spacial score (nSPS) is 16.0. The molecule has 0 N–H and O–H groups in total. The number of rotatable bonds is 9. The van der Waals surface area contributed by atoms with E-state index in [0.29, 0.717) is 12.5 Å². The molecule has 1 aliphatic heterocycles. The van der Waals surface area contributed by atoms with Crippen LogP contribution in [0.4, 0.5) is 0 Å². The topological polar surface area (TPSA) is 73.5 Å². The molecule has 1 fully saturated rings. The quantitative estimate of drug-likeness (QED) is 0.301. The minimum atomic E-state index is -0.263. The number of benzene rings is 1. The first-order valence-corrected chi connectivity index (χ1v) is 12.9. The monoisotopic (exact) mass is 498 g/mol. The lowest BCUT2D eigenvalue weighted by atomic mass is 9.70. The standard InChI is InChI=1S/C30H34N4O3/c1-22(2)30(3,29-12-11-27(19-32-29)36-21-25-6-4-5-13-31-25)24-9-7-23(8-10-24)28-18-26(33-37-28)20-34-14-16-35-17-15-34/h4-13,18-19,22H,14-17,20-21H2,1-3H3. The molecule has 1 aliphatic rings. The van der Waals surface area contributed by atoms with Crippen LogP contribution in [0.25, 0.3) is 11.3 Å². The van der Waals surface area contributed by atoms with Crippen molar-refractivity contribution in [3.63, 3.8) is 0 Å². The van der Waals surface area contributed by atoms with E-state index in [1.807, 2.05) is 30.3 Å². The average Bonchev–Trinajstić information content (AvgIpc) is 3.41. The van der Waals surface area contributed by atoms with Crippen LogP contribution in [0.5, 0.6) is 5.75 Å². The summed E-state index contributed by atoms with van der Waals surface area (Å²) in [5.41, 5.74) is 4.80. The Bertz CT molecular complexity index is 1270. The van der Waals surface area contributed by atoms with E-state index in [0.717, 1.165) is 67.0 Å². The fraction of sp³-hybridized carbons (Fsp3) is 0.367. The predicted molar refractivity (Wildman–Crippen MR) is 142 cm³/mol. The Morgan fingerprint density at radius 1 is 0.973 bits per heavy atom. The van der Waals surface area contributed by atoms with Gasteiger partial charge in [-0.15, -0.1) is 0 Å². The summed E-state index contributed by atoms with van der Waals surface area (Å²) in [5, 5.41) is 4.29. The summed E-state index contributed by atoms with van der Waals surface area (Å²) >= 11 is 0. The Balaban J connectivity index is 1.29. The largest absolute Gasteiger partial charge is 0.486 e. The fourth-order valence-electron chi connectivity index (χ4n) is 4.68. The Morgan fingerprint density at radius 2 is 1.78 bits per heavy atom. The third-order valence-electron chi connectivity index (χ3n) is 7.35. The number of morpholine rings is 1. The first kappa shape index (κ1) is 25.1. The molecule has 192 valence electrons. The lowest BCUT2D eigenvalue weighted by molar-refractivity contribution is 0.0332. The van der Waals surface area contributed by atoms with Gasteiger partial charge in [-0.05, 0) is 42.7 Å². The molecule has 0 aliphatic carbocycles. The number of pyridine rings is 2. The average molecular weight is 499 g/mol. The van der Waals surface area contributed by atoms with Crippen LogP contribution >= 0.6 is 0 Å². The van der Waals surface area contributed by atoms with Gasteiger partial charge in [0.15, 0.2) is 5.76 Å². The SMILES string of the molecule is CC(C)C(C)(c1ccc(-c2cc(CN3CCOCC3)no2)cc1)c1ccc(OCc2ccccn2)cn1. The molecule has 0 bridgehead atoms. The highest BCUT2D eigenvalue weighted by Gasteiger charge is 2.34. The van der Waals surface area contributed by atoms with Crippen LogP contribution in [-0.2, 0) is 23.3 Å². The van der Waals surface area contributed by atoms with E-state index >= 15 is 0 Å². The van der Waals surface area contributed by atoms with Crippen LogP contribution in [0.15, 0.2) is 77.6 Å². The van der Waals surface area contributed by atoms with Crippen LogP contribution in [0.1, 0.15) is 43.4 Å². The van der Waals surface area contributed by atoms with E-state index < -0.39 is 0 Å². The second-order valence-corrected chi connectivity index (χ2v) is 9.99.